The molecule has 0 fully saturated rings. The normalized spacial score (nSPS) is 12.1. The number of fused-ring (bicyclic) bond motifs is 8. The van der Waals surface area contributed by atoms with Gasteiger partial charge in [0.2, 0.25) is 5.71 Å². The van der Waals surface area contributed by atoms with Gasteiger partial charge in [0.25, 0.3) is 0 Å². The first kappa shape index (κ1) is 14.9. The Morgan fingerprint density at radius 1 is 0.655 bits per heavy atom. The van der Waals surface area contributed by atoms with Crippen molar-refractivity contribution in [1.82, 2.24) is 9.55 Å². The average Bonchev–Trinajstić information content (AvgIpc) is 3.41. The van der Waals surface area contributed by atoms with E-state index in [0.717, 1.165) is 60.6 Å². The van der Waals surface area contributed by atoms with E-state index in [2.05, 4.69) is 39.9 Å². The van der Waals surface area contributed by atoms with Crippen molar-refractivity contribution in [3.8, 4) is 5.69 Å². The van der Waals surface area contributed by atoms with Crippen molar-refractivity contribution >= 4 is 54.9 Å². The van der Waals surface area contributed by atoms with Crippen LogP contribution in [0.25, 0.3) is 60.6 Å². The molecule has 0 N–H and O–H groups in total. The molecular weight excluding hydrogens is 360 g/mol. The monoisotopic (exact) mass is 374 g/mol. The molecule has 0 spiro atoms. The lowest BCUT2D eigenvalue weighted by Gasteiger charge is -2.06. The minimum Gasteiger partial charge on any atom is -0.456 e. The summed E-state index contributed by atoms with van der Waals surface area (Å²) in [4.78, 5) is 4.38. The summed E-state index contributed by atoms with van der Waals surface area (Å²) in [7, 11) is 0. The highest BCUT2D eigenvalue weighted by Crippen LogP contribution is 2.39. The fourth-order valence-electron chi connectivity index (χ4n) is 4.44. The van der Waals surface area contributed by atoms with Crippen LogP contribution in [0.3, 0.4) is 0 Å². The Hall–Kier alpha value is -4.05. The van der Waals surface area contributed by atoms with Crippen LogP contribution in [0.5, 0.6) is 0 Å². The zero-order chi connectivity index (χ0) is 18.9. The standard InChI is InChI=1S/C25H14N2O2/c1-3-7-21-16(5-1)19-13-15(9-10-23(19)28-21)27-20-14-26-12-11-17(20)24-18-6-2-4-8-22(18)29-25(24)27/h1-14H. The van der Waals surface area contributed by atoms with Crippen LogP contribution in [0.4, 0.5) is 0 Å². The lowest BCUT2D eigenvalue weighted by atomic mass is 10.1. The predicted molar refractivity (Wildman–Crippen MR) is 116 cm³/mol. The van der Waals surface area contributed by atoms with Crippen molar-refractivity contribution in [1.29, 1.82) is 0 Å². The van der Waals surface area contributed by atoms with Gasteiger partial charge in [-0.1, -0.05) is 36.4 Å². The van der Waals surface area contributed by atoms with E-state index in [9.17, 15) is 0 Å². The number of pyridine rings is 1. The highest BCUT2D eigenvalue weighted by Gasteiger charge is 2.19. The molecule has 0 amide bonds. The Morgan fingerprint density at radius 2 is 1.41 bits per heavy atom. The van der Waals surface area contributed by atoms with Crippen LogP contribution in [0.2, 0.25) is 0 Å². The zero-order valence-electron chi connectivity index (χ0n) is 15.3. The molecule has 0 unspecified atom stereocenters. The number of nitrogens with zero attached hydrogens (tertiary/aromatic N) is 2. The molecule has 0 saturated carbocycles. The molecule has 7 aromatic rings. The minimum atomic E-state index is 0.835. The zero-order valence-corrected chi connectivity index (χ0v) is 15.3. The van der Waals surface area contributed by atoms with E-state index in [-0.39, 0.29) is 0 Å². The second-order valence-electron chi connectivity index (χ2n) is 7.29. The molecule has 0 aliphatic carbocycles. The molecule has 0 saturated heterocycles. The van der Waals surface area contributed by atoms with E-state index in [4.69, 9.17) is 8.83 Å². The average molecular weight is 374 g/mol. The van der Waals surface area contributed by atoms with Gasteiger partial charge in [-0.05, 0) is 36.4 Å². The van der Waals surface area contributed by atoms with Crippen molar-refractivity contribution < 1.29 is 8.83 Å². The Balaban J connectivity index is 1.65. The van der Waals surface area contributed by atoms with Crippen LogP contribution in [0.15, 0.2) is 94.0 Å². The van der Waals surface area contributed by atoms with Crippen LogP contribution in [-0.4, -0.2) is 9.55 Å². The van der Waals surface area contributed by atoms with Crippen molar-refractivity contribution in [2.45, 2.75) is 0 Å². The fourth-order valence-corrected chi connectivity index (χ4v) is 4.44. The topological polar surface area (TPSA) is 44.1 Å². The quantitative estimate of drug-likeness (QED) is 0.316. The Labute approximate surface area is 164 Å². The van der Waals surface area contributed by atoms with E-state index in [1.807, 2.05) is 54.9 Å². The van der Waals surface area contributed by atoms with Crippen molar-refractivity contribution in [3.05, 3.63) is 85.2 Å². The first-order chi connectivity index (χ1) is 14.4. The van der Waals surface area contributed by atoms with Crippen molar-refractivity contribution in [3.63, 3.8) is 0 Å². The number of hydrogen-bond acceptors (Lipinski definition) is 3. The van der Waals surface area contributed by atoms with Crippen LogP contribution < -0.4 is 0 Å². The molecule has 0 aliphatic rings. The maximum absolute atomic E-state index is 6.32. The van der Waals surface area contributed by atoms with E-state index in [0.29, 0.717) is 0 Å². The van der Waals surface area contributed by atoms with Crippen LogP contribution in [0, 0.1) is 0 Å². The number of aromatic nitrogens is 2. The van der Waals surface area contributed by atoms with E-state index in [1.165, 1.54) is 0 Å². The molecule has 4 heteroatoms. The molecule has 4 aromatic heterocycles. The molecule has 4 heterocycles. The molecule has 0 radical (unpaired) electrons. The Morgan fingerprint density at radius 3 is 2.31 bits per heavy atom. The summed E-state index contributed by atoms with van der Waals surface area (Å²) >= 11 is 0. The summed E-state index contributed by atoms with van der Waals surface area (Å²) in [6.07, 6.45) is 3.73. The van der Waals surface area contributed by atoms with Gasteiger partial charge in [0.1, 0.15) is 16.7 Å². The van der Waals surface area contributed by atoms with E-state index < -0.39 is 0 Å². The minimum absolute atomic E-state index is 0.835. The number of rotatable bonds is 1. The Kier molecular flexibility index (Phi) is 2.71. The van der Waals surface area contributed by atoms with Crippen LogP contribution in [0.1, 0.15) is 0 Å². The molecule has 0 aliphatic heterocycles. The lowest BCUT2D eigenvalue weighted by Crippen LogP contribution is -1.93. The van der Waals surface area contributed by atoms with Gasteiger partial charge in [0.05, 0.1) is 22.8 Å². The summed E-state index contributed by atoms with van der Waals surface area (Å²) in [6.45, 7) is 0. The number of benzene rings is 3. The third-order valence-electron chi connectivity index (χ3n) is 5.71. The molecular formula is C25H14N2O2. The summed E-state index contributed by atoms with van der Waals surface area (Å²) in [5, 5.41) is 5.58. The van der Waals surface area contributed by atoms with E-state index in [1.54, 1.807) is 0 Å². The second kappa shape index (κ2) is 5.26. The van der Waals surface area contributed by atoms with Crippen molar-refractivity contribution in [2.24, 2.45) is 0 Å². The van der Waals surface area contributed by atoms with Gasteiger partial charge in [-0.25, -0.2) is 0 Å². The molecule has 0 bridgehead atoms. The summed E-state index contributed by atoms with van der Waals surface area (Å²) in [6, 6.07) is 24.6. The lowest BCUT2D eigenvalue weighted by molar-refractivity contribution is 0.645. The maximum Gasteiger partial charge on any atom is 0.213 e. The summed E-state index contributed by atoms with van der Waals surface area (Å²) < 4.78 is 14.5. The first-order valence-electron chi connectivity index (χ1n) is 9.56. The van der Waals surface area contributed by atoms with Crippen LogP contribution >= 0.6 is 0 Å². The van der Waals surface area contributed by atoms with Gasteiger partial charge in [0.15, 0.2) is 0 Å². The fraction of sp³-hybridized carbons (Fsp3) is 0. The third-order valence-corrected chi connectivity index (χ3v) is 5.71. The molecule has 136 valence electrons. The maximum atomic E-state index is 6.32. The molecule has 3 aromatic carbocycles. The number of furan rings is 2. The first-order valence-corrected chi connectivity index (χ1v) is 9.56. The molecule has 4 nitrogen and oxygen atoms in total. The van der Waals surface area contributed by atoms with Gasteiger partial charge < -0.3 is 8.83 Å². The molecule has 0 atom stereocenters. The Bertz CT molecular complexity index is 1720. The largest absolute Gasteiger partial charge is 0.456 e. The van der Waals surface area contributed by atoms with Gasteiger partial charge in [-0.3, -0.25) is 9.55 Å². The summed E-state index contributed by atoms with van der Waals surface area (Å²) in [5.41, 5.74) is 5.55. The third kappa shape index (κ3) is 1.90. The highest BCUT2D eigenvalue weighted by atomic mass is 16.3. The highest BCUT2D eigenvalue weighted by molar-refractivity contribution is 6.19. The second-order valence-corrected chi connectivity index (χ2v) is 7.29. The van der Waals surface area contributed by atoms with Gasteiger partial charge in [0, 0.05) is 27.7 Å². The molecule has 29 heavy (non-hydrogen) atoms. The predicted octanol–water partition coefficient (Wildman–Crippen LogP) is 6.82. The van der Waals surface area contributed by atoms with Crippen molar-refractivity contribution in [2.75, 3.05) is 0 Å². The van der Waals surface area contributed by atoms with Gasteiger partial charge >= 0.3 is 0 Å². The number of hydrogen-bond donors (Lipinski definition) is 0. The number of para-hydroxylation sites is 2. The molecule has 7 rings (SSSR count). The van der Waals surface area contributed by atoms with Gasteiger partial charge in [-0.15, -0.1) is 0 Å². The SMILES string of the molecule is c1ccc2c(c1)oc1ccc(-n3c4cnccc4c4c5ccccc5oc43)cc12. The van der Waals surface area contributed by atoms with Crippen LogP contribution in [-0.2, 0) is 0 Å². The summed E-state index contributed by atoms with van der Waals surface area (Å²) in [5.74, 6) is 0. The smallest absolute Gasteiger partial charge is 0.213 e. The van der Waals surface area contributed by atoms with E-state index >= 15 is 0 Å². The van der Waals surface area contributed by atoms with Gasteiger partial charge in [-0.2, -0.15) is 0 Å².